The van der Waals surface area contributed by atoms with Gasteiger partial charge in [0, 0.05) is 11.8 Å². The molecular formula is C10H10N2O4. The zero-order valence-corrected chi connectivity index (χ0v) is 8.24. The standard InChI is InChI=1S/C10H10N2O4/c11-4-8(13)10(16)6-1-2-7(12-5-6)3-9(14)15/h1-2,5,8,10,13,16H,3H2,(H,14,15). The van der Waals surface area contributed by atoms with Gasteiger partial charge in [-0.05, 0) is 6.07 Å². The van der Waals surface area contributed by atoms with Crippen LogP contribution in [-0.4, -0.2) is 32.4 Å². The Balaban J connectivity index is 2.79. The Labute approximate surface area is 91.4 Å². The van der Waals surface area contributed by atoms with Crippen LogP contribution in [0, 0.1) is 11.3 Å². The van der Waals surface area contributed by atoms with E-state index < -0.39 is 18.2 Å². The van der Waals surface area contributed by atoms with Crippen LogP contribution in [0.25, 0.3) is 0 Å². The molecule has 0 aliphatic heterocycles. The number of rotatable bonds is 4. The van der Waals surface area contributed by atoms with E-state index in [-0.39, 0.29) is 12.0 Å². The van der Waals surface area contributed by atoms with Gasteiger partial charge in [0.2, 0.25) is 0 Å². The monoisotopic (exact) mass is 222 g/mol. The van der Waals surface area contributed by atoms with Crippen molar-refractivity contribution in [2.75, 3.05) is 0 Å². The molecule has 0 aliphatic carbocycles. The fraction of sp³-hybridized carbons (Fsp3) is 0.300. The molecule has 2 atom stereocenters. The Morgan fingerprint density at radius 2 is 2.19 bits per heavy atom. The molecular weight excluding hydrogens is 212 g/mol. The molecule has 1 aromatic heterocycles. The molecule has 84 valence electrons. The van der Waals surface area contributed by atoms with Gasteiger partial charge in [-0.3, -0.25) is 9.78 Å². The molecule has 1 aromatic rings. The van der Waals surface area contributed by atoms with Crippen LogP contribution in [0.4, 0.5) is 0 Å². The number of aliphatic carboxylic acids is 1. The van der Waals surface area contributed by atoms with Gasteiger partial charge in [-0.2, -0.15) is 5.26 Å². The molecule has 6 nitrogen and oxygen atoms in total. The van der Waals surface area contributed by atoms with Crippen molar-refractivity contribution in [1.29, 1.82) is 5.26 Å². The fourth-order valence-electron chi connectivity index (χ4n) is 1.12. The average Bonchev–Trinajstić information content (AvgIpc) is 2.27. The van der Waals surface area contributed by atoms with Gasteiger partial charge in [0.15, 0.2) is 6.10 Å². The van der Waals surface area contributed by atoms with Crippen molar-refractivity contribution in [1.82, 2.24) is 4.98 Å². The number of hydrogen-bond acceptors (Lipinski definition) is 5. The molecule has 0 saturated carbocycles. The molecule has 0 bridgehead atoms. The third-order valence-electron chi connectivity index (χ3n) is 1.95. The Morgan fingerprint density at radius 3 is 2.62 bits per heavy atom. The first-order chi connectivity index (χ1) is 7.54. The quantitative estimate of drug-likeness (QED) is 0.598. The maximum Gasteiger partial charge on any atom is 0.309 e. The van der Waals surface area contributed by atoms with E-state index >= 15 is 0 Å². The summed E-state index contributed by atoms with van der Waals surface area (Å²) in [5.74, 6) is -1.00. The minimum atomic E-state index is -1.52. The largest absolute Gasteiger partial charge is 0.481 e. The van der Waals surface area contributed by atoms with E-state index in [2.05, 4.69) is 4.98 Å². The molecule has 0 radical (unpaired) electrons. The minimum Gasteiger partial charge on any atom is -0.481 e. The zero-order chi connectivity index (χ0) is 12.1. The van der Waals surface area contributed by atoms with Crippen LogP contribution in [-0.2, 0) is 11.2 Å². The lowest BCUT2D eigenvalue weighted by atomic mass is 10.1. The molecule has 16 heavy (non-hydrogen) atoms. The molecule has 0 spiro atoms. The number of pyridine rings is 1. The second kappa shape index (κ2) is 5.21. The predicted molar refractivity (Wildman–Crippen MR) is 52.2 cm³/mol. The number of hydrogen-bond donors (Lipinski definition) is 3. The van der Waals surface area contributed by atoms with E-state index in [4.69, 9.17) is 15.5 Å². The average molecular weight is 222 g/mol. The first-order valence-electron chi connectivity index (χ1n) is 4.47. The van der Waals surface area contributed by atoms with Crippen LogP contribution in [0.5, 0.6) is 0 Å². The van der Waals surface area contributed by atoms with Crippen molar-refractivity contribution in [2.24, 2.45) is 0 Å². The summed E-state index contributed by atoms with van der Waals surface area (Å²) >= 11 is 0. The van der Waals surface area contributed by atoms with E-state index in [9.17, 15) is 9.90 Å². The van der Waals surface area contributed by atoms with Crippen molar-refractivity contribution in [2.45, 2.75) is 18.6 Å². The summed E-state index contributed by atoms with van der Waals surface area (Å²) in [6.45, 7) is 0. The number of nitrogens with zero attached hydrogens (tertiary/aromatic N) is 2. The highest BCUT2D eigenvalue weighted by molar-refractivity contribution is 5.69. The lowest BCUT2D eigenvalue weighted by Crippen LogP contribution is -2.16. The van der Waals surface area contributed by atoms with Crippen LogP contribution in [0.2, 0.25) is 0 Å². The Kier molecular flexibility index (Phi) is 3.94. The summed E-state index contributed by atoms with van der Waals surface area (Å²) in [5.41, 5.74) is 0.609. The van der Waals surface area contributed by atoms with Gasteiger partial charge in [0.05, 0.1) is 18.2 Å². The van der Waals surface area contributed by atoms with Gasteiger partial charge < -0.3 is 15.3 Å². The van der Waals surface area contributed by atoms with Gasteiger partial charge in [-0.1, -0.05) is 6.07 Å². The van der Waals surface area contributed by atoms with Gasteiger partial charge in [0.1, 0.15) is 6.10 Å². The molecule has 1 heterocycles. The Hall–Kier alpha value is -1.97. The number of carbonyl (C=O) groups is 1. The SMILES string of the molecule is N#CC(O)C(O)c1ccc(CC(=O)O)nc1. The first-order valence-corrected chi connectivity index (χ1v) is 4.47. The molecule has 1 rings (SSSR count). The summed E-state index contributed by atoms with van der Waals surface area (Å²) in [6, 6.07) is 4.35. The topological polar surface area (TPSA) is 114 Å². The highest BCUT2D eigenvalue weighted by Gasteiger charge is 2.17. The number of carboxylic acid groups (broad SMARTS) is 1. The minimum absolute atomic E-state index is 0.211. The molecule has 6 heteroatoms. The van der Waals surface area contributed by atoms with E-state index in [1.807, 2.05) is 0 Å². The van der Waals surface area contributed by atoms with Crippen molar-refractivity contribution < 1.29 is 20.1 Å². The normalized spacial score (nSPS) is 13.8. The summed E-state index contributed by atoms with van der Waals surface area (Å²) in [4.78, 5) is 14.2. The van der Waals surface area contributed by atoms with Gasteiger partial charge >= 0.3 is 5.97 Å². The van der Waals surface area contributed by atoms with Crippen molar-refractivity contribution >= 4 is 5.97 Å². The molecule has 0 amide bonds. The van der Waals surface area contributed by atoms with E-state index in [1.54, 1.807) is 0 Å². The molecule has 0 aromatic carbocycles. The van der Waals surface area contributed by atoms with Crippen molar-refractivity contribution in [3.8, 4) is 6.07 Å². The first kappa shape index (κ1) is 12.1. The fourth-order valence-corrected chi connectivity index (χ4v) is 1.12. The van der Waals surface area contributed by atoms with Gasteiger partial charge in [0.25, 0.3) is 0 Å². The highest BCUT2D eigenvalue weighted by atomic mass is 16.4. The maximum absolute atomic E-state index is 10.4. The molecule has 2 unspecified atom stereocenters. The summed E-state index contributed by atoms with van der Waals surface area (Å²) < 4.78 is 0. The zero-order valence-electron chi connectivity index (χ0n) is 8.24. The van der Waals surface area contributed by atoms with E-state index in [0.29, 0.717) is 5.69 Å². The predicted octanol–water partition coefficient (Wildman–Crippen LogP) is -0.373. The Bertz CT molecular complexity index is 410. The number of carboxylic acids is 1. The number of aliphatic hydroxyl groups is 2. The molecule has 3 N–H and O–H groups in total. The van der Waals surface area contributed by atoms with Crippen LogP contribution >= 0.6 is 0 Å². The maximum atomic E-state index is 10.4. The summed E-state index contributed by atoms with van der Waals surface area (Å²) in [5, 5.41) is 35.4. The van der Waals surface area contributed by atoms with Gasteiger partial charge in [-0.15, -0.1) is 0 Å². The van der Waals surface area contributed by atoms with Crippen molar-refractivity contribution in [3.05, 3.63) is 29.6 Å². The third kappa shape index (κ3) is 3.02. The van der Waals surface area contributed by atoms with Crippen molar-refractivity contribution in [3.63, 3.8) is 0 Å². The lowest BCUT2D eigenvalue weighted by molar-refractivity contribution is -0.136. The molecule has 0 aliphatic rings. The second-order valence-corrected chi connectivity index (χ2v) is 3.17. The van der Waals surface area contributed by atoms with Crippen LogP contribution in [0.1, 0.15) is 17.4 Å². The second-order valence-electron chi connectivity index (χ2n) is 3.17. The smallest absolute Gasteiger partial charge is 0.309 e. The van der Waals surface area contributed by atoms with E-state index in [1.165, 1.54) is 24.4 Å². The number of aliphatic hydroxyl groups excluding tert-OH is 2. The lowest BCUT2D eigenvalue weighted by Gasteiger charge is -2.11. The van der Waals surface area contributed by atoms with Crippen LogP contribution < -0.4 is 0 Å². The van der Waals surface area contributed by atoms with Gasteiger partial charge in [-0.25, -0.2) is 0 Å². The van der Waals surface area contributed by atoms with Crippen LogP contribution in [0.15, 0.2) is 18.3 Å². The number of aromatic nitrogens is 1. The third-order valence-corrected chi connectivity index (χ3v) is 1.95. The Morgan fingerprint density at radius 1 is 1.50 bits per heavy atom. The van der Waals surface area contributed by atoms with E-state index in [0.717, 1.165) is 0 Å². The highest BCUT2D eigenvalue weighted by Crippen LogP contribution is 2.15. The summed E-state index contributed by atoms with van der Waals surface area (Å²) in [6.07, 6.45) is -1.83. The van der Waals surface area contributed by atoms with Crippen LogP contribution in [0.3, 0.4) is 0 Å². The summed E-state index contributed by atoms with van der Waals surface area (Å²) in [7, 11) is 0. The molecule has 0 fully saturated rings. The molecule has 0 saturated heterocycles. The number of nitriles is 1.